The zero-order valence-electron chi connectivity index (χ0n) is 9.20. The Morgan fingerprint density at radius 3 is 3.13 bits per heavy atom. The van der Waals surface area contributed by atoms with Gasteiger partial charge in [0.2, 0.25) is 0 Å². The molecule has 2 heteroatoms. The number of unbranched alkanes of at least 4 members (excludes halogenated alkanes) is 1. The summed E-state index contributed by atoms with van der Waals surface area (Å²) in [7, 11) is 0. The lowest BCUT2D eigenvalue weighted by Gasteiger charge is -2.08. The number of benzene rings is 1. The fraction of sp³-hybridized carbons (Fsp3) is 0.538. The van der Waals surface area contributed by atoms with E-state index in [1.807, 2.05) is 12.1 Å². The number of aliphatic hydroxyl groups excluding tert-OH is 1. The molecule has 1 N–H and O–H groups in total. The van der Waals surface area contributed by atoms with Crippen molar-refractivity contribution >= 4 is 0 Å². The molecule has 1 aliphatic rings. The maximum absolute atomic E-state index is 9.65. The highest BCUT2D eigenvalue weighted by Crippen LogP contribution is 2.33. The second-order valence-corrected chi connectivity index (χ2v) is 4.12. The van der Waals surface area contributed by atoms with Gasteiger partial charge >= 0.3 is 0 Å². The molecule has 0 unspecified atom stereocenters. The number of rotatable bonds is 4. The van der Waals surface area contributed by atoms with Gasteiger partial charge in [0.1, 0.15) is 5.75 Å². The van der Waals surface area contributed by atoms with Gasteiger partial charge in [-0.25, -0.2) is 0 Å². The third-order valence-electron chi connectivity index (χ3n) is 2.93. The predicted molar refractivity (Wildman–Crippen MR) is 60.1 cm³/mol. The summed E-state index contributed by atoms with van der Waals surface area (Å²) < 4.78 is 5.63. The Morgan fingerprint density at radius 1 is 1.47 bits per heavy atom. The summed E-state index contributed by atoms with van der Waals surface area (Å²) in [6.07, 6.45) is 3.82. The summed E-state index contributed by atoms with van der Waals surface area (Å²) in [5.41, 5.74) is 2.33. The lowest BCUT2D eigenvalue weighted by atomic mass is 10.1. The van der Waals surface area contributed by atoms with Crippen LogP contribution in [0.1, 0.15) is 43.4 Å². The molecule has 1 aliphatic carbocycles. The van der Waals surface area contributed by atoms with E-state index in [4.69, 9.17) is 4.74 Å². The topological polar surface area (TPSA) is 29.5 Å². The number of fused-ring (bicyclic) bond motifs is 1. The summed E-state index contributed by atoms with van der Waals surface area (Å²) in [4.78, 5) is 0. The lowest BCUT2D eigenvalue weighted by molar-refractivity contribution is 0.180. The fourth-order valence-corrected chi connectivity index (χ4v) is 2.00. The molecule has 0 bridgehead atoms. The molecule has 0 heterocycles. The summed E-state index contributed by atoms with van der Waals surface area (Å²) >= 11 is 0. The molecule has 1 aromatic carbocycles. The van der Waals surface area contributed by atoms with Crippen molar-refractivity contribution in [2.75, 3.05) is 6.61 Å². The van der Waals surface area contributed by atoms with E-state index in [0.29, 0.717) is 0 Å². The Balaban J connectivity index is 2.03. The maximum Gasteiger partial charge on any atom is 0.119 e. The largest absolute Gasteiger partial charge is 0.494 e. The van der Waals surface area contributed by atoms with Crippen molar-refractivity contribution < 1.29 is 9.84 Å². The molecule has 1 atom stereocenters. The maximum atomic E-state index is 9.65. The first-order valence-electron chi connectivity index (χ1n) is 5.75. The van der Waals surface area contributed by atoms with E-state index < -0.39 is 0 Å². The zero-order chi connectivity index (χ0) is 10.7. The Hall–Kier alpha value is -1.02. The summed E-state index contributed by atoms with van der Waals surface area (Å²) in [6, 6.07) is 6.03. The Bertz CT molecular complexity index is 333. The molecular weight excluding hydrogens is 188 g/mol. The van der Waals surface area contributed by atoms with Crippen molar-refractivity contribution in [3.63, 3.8) is 0 Å². The molecule has 0 radical (unpaired) electrons. The van der Waals surface area contributed by atoms with E-state index in [-0.39, 0.29) is 6.10 Å². The predicted octanol–water partition coefficient (Wildman–Crippen LogP) is 2.85. The molecule has 15 heavy (non-hydrogen) atoms. The quantitative estimate of drug-likeness (QED) is 0.767. The van der Waals surface area contributed by atoms with E-state index in [9.17, 15) is 5.11 Å². The monoisotopic (exact) mass is 206 g/mol. The van der Waals surface area contributed by atoms with Crippen molar-refractivity contribution in [2.24, 2.45) is 0 Å². The van der Waals surface area contributed by atoms with Gasteiger partial charge in [-0.1, -0.05) is 19.4 Å². The van der Waals surface area contributed by atoms with Gasteiger partial charge in [0, 0.05) is 0 Å². The van der Waals surface area contributed by atoms with Gasteiger partial charge in [-0.15, -0.1) is 0 Å². The normalized spacial score (nSPS) is 18.9. The van der Waals surface area contributed by atoms with Crippen LogP contribution in [0.15, 0.2) is 18.2 Å². The van der Waals surface area contributed by atoms with Crippen LogP contribution in [0.4, 0.5) is 0 Å². The standard InChI is InChI=1S/C13H18O2/c1-2-3-8-15-11-5-6-12-10(9-11)4-7-13(12)14/h5-6,9,13-14H,2-4,7-8H2,1H3/t13-/m1/s1. The summed E-state index contributed by atoms with van der Waals surface area (Å²) in [5.74, 6) is 0.941. The van der Waals surface area contributed by atoms with Crippen LogP contribution < -0.4 is 4.74 Å². The Labute approximate surface area is 90.9 Å². The first-order valence-corrected chi connectivity index (χ1v) is 5.75. The fourth-order valence-electron chi connectivity index (χ4n) is 2.00. The number of ether oxygens (including phenoxy) is 1. The van der Waals surface area contributed by atoms with Gasteiger partial charge in [0.15, 0.2) is 0 Å². The minimum Gasteiger partial charge on any atom is -0.494 e. The van der Waals surface area contributed by atoms with Crippen LogP contribution >= 0.6 is 0 Å². The Kier molecular flexibility index (Phi) is 3.27. The summed E-state index contributed by atoms with van der Waals surface area (Å²) in [5, 5.41) is 9.65. The van der Waals surface area contributed by atoms with Crippen LogP contribution in [0.2, 0.25) is 0 Å². The SMILES string of the molecule is CCCCOc1ccc2c(c1)CC[C@H]2O. The first kappa shape index (κ1) is 10.5. The van der Waals surface area contributed by atoms with Crippen molar-refractivity contribution in [3.8, 4) is 5.75 Å². The molecule has 1 aromatic rings. The van der Waals surface area contributed by atoms with Crippen LogP contribution in [0.3, 0.4) is 0 Å². The van der Waals surface area contributed by atoms with Crippen LogP contribution in [0.25, 0.3) is 0 Å². The van der Waals surface area contributed by atoms with E-state index in [2.05, 4.69) is 13.0 Å². The van der Waals surface area contributed by atoms with Crippen molar-refractivity contribution in [1.29, 1.82) is 0 Å². The number of hydrogen-bond donors (Lipinski definition) is 1. The summed E-state index contributed by atoms with van der Waals surface area (Å²) in [6.45, 7) is 2.94. The smallest absolute Gasteiger partial charge is 0.119 e. The van der Waals surface area contributed by atoms with Crippen LogP contribution in [0, 0.1) is 0 Å². The Morgan fingerprint density at radius 2 is 2.33 bits per heavy atom. The third kappa shape index (κ3) is 2.32. The lowest BCUT2D eigenvalue weighted by Crippen LogP contribution is -1.97. The van der Waals surface area contributed by atoms with E-state index in [1.54, 1.807) is 0 Å². The molecular formula is C13H18O2. The molecule has 0 saturated heterocycles. The highest BCUT2D eigenvalue weighted by Gasteiger charge is 2.20. The molecule has 82 valence electrons. The van der Waals surface area contributed by atoms with Crippen molar-refractivity contribution in [2.45, 2.75) is 38.7 Å². The van der Waals surface area contributed by atoms with E-state index >= 15 is 0 Å². The van der Waals surface area contributed by atoms with Gasteiger partial charge in [0.05, 0.1) is 12.7 Å². The molecule has 0 saturated carbocycles. The highest BCUT2D eigenvalue weighted by atomic mass is 16.5. The average Bonchev–Trinajstić information content (AvgIpc) is 2.61. The minimum absolute atomic E-state index is 0.260. The van der Waals surface area contributed by atoms with Crippen molar-refractivity contribution in [3.05, 3.63) is 29.3 Å². The molecule has 0 spiro atoms. The molecule has 0 fully saturated rings. The van der Waals surface area contributed by atoms with Crippen LogP contribution in [-0.2, 0) is 6.42 Å². The average molecular weight is 206 g/mol. The van der Waals surface area contributed by atoms with Gasteiger partial charge in [0.25, 0.3) is 0 Å². The number of hydrogen-bond acceptors (Lipinski definition) is 2. The zero-order valence-corrected chi connectivity index (χ0v) is 9.20. The van der Waals surface area contributed by atoms with Gasteiger partial charge < -0.3 is 9.84 Å². The van der Waals surface area contributed by atoms with Gasteiger partial charge in [-0.2, -0.15) is 0 Å². The molecule has 2 nitrogen and oxygen atoms in total. The second-order valence-electron chi connectivity index (χ2n) is 4.12. The molecule has 0 aromatic heterocycles. The van der Waals surface area contributed by atoms with Gasteiger partial charge in [-0.05, 0) is 42.5 Å². The second kappa shape index (κ2) is 4.67. The molecule has 0 aliphatic heterocycles. The number of aryl methyl sites for hydroxylation is 1. The molecule has 2 rings (SSSR count). The minimum atomic E-state index is -0.260. The van der Waals surface area contributed by atoms with Crippen LogP contribution in [-0.4, -0.2) is 11.7 Å². The number of aliphatic hydroxyl groups is 1. The van der Waals surface area contributed by atoms with Gasteiger partial charge in [-0.3, -0.25) is 0 Å². The third-order valence-corrected chi connectivity index (χ3v) is 2.93. The van der Waals surface area contributed by atoms with Crippen LogP contribution in [0.5, 0.6) is 5.75 Å². The van der Waals surface area contributed by atoms with E-state index in [1.165, 1.54) is 5.56 Å². The van der Waals surface area contributed by atoms with E-state index in [0.717, 1.165) is 43.6 Å². The first-order chi connectivity index (χ1) is 7.31. The highest BCUT2D eigenvalue weighted by molar-refractivity contribution is 5.39. The molecule has 0 amide bonds. The van der Waals surface area contributed by atoms with Crippen molar-refractivity contribution in [1.82, 2.24) is 0 Å².